The lowest BCUT2D eigenvalue weighted by molar-refractivity contribution is 0.293. The van der Waals surface area contributed by atoms with Crippen LogP contribution in [-0.4, -0.2) is 24.3 Å². The summed E-state index contributed by atoms with van der Waals surface area (Å²) in [5.74, 6) is 0. The van der Waals surface area contributed by atoms with Crippen LogP contribution in [0.5, 0.6) is 0 Å². The van der Waals surface area contributed by atoms with E-state index in [2.05, 4.69) is 51.7 Å². The molecule has 0 saturated heterocycles. The highest BCUT2D eigenvalue weighted by molar-refractivity contribution is 5.69. The Balaban J connectivity index is 2.62. The normalized spacial score (nSPS) is 21.8. The molecule has 1 aliphatic heterocycles. The fraction of sp³-hybridized carbons (Fsp3) is 0.600. The quantitative estimate of drug-likeness (QED) is 0.849. The van der Waals surface area contributed by atoms with Crippen molar-refractivity contribution < 1.29 is 5.11 Å². The molecule has 94 valence electrons. The number of β-amino-alcohol motifs (C(OH)–C–C–N with tert-alkyl or cyclic N) is 1. The predicted molar refractivity (Wildman–Crippen MR) is 72.8 cm³/mol. The van der Waals surface area contributed by atoms with Crippen LogP contribution in [0.1, 0.15) is 37.5 Å². The SMILES string of the molecule is Cc1ccc2c(c1C)N(CCO)C(C)C2(C)C. The number of hydrogen-bond donors (Lipinski definition) is 1. The van der Waals surface area contributed by atoms with E-state index in [0.717, 1.165) is 6.54 Å². The third-order valence-electron chi connectivity index (χ3n) is 4.54. The number of anilines is 1. The number of nitrogens with zero attached hydrogens (tertiary/aromatic N) is 1. The van der Waals surface area contributed by atoms with Gasteiger partial charge in [-0.1, -0.05) is 26.0 Å². The Labute approximate surface area is 104 Å². The first kappa shape index (κ1) is 12.4. The Morgan fingerprint density at radius 3 is 2.53 bits per heavy atom. The molecule has 1 N–H and O–H groups in total. The van der Waals surface area contributed by atoms with Gasteiger partial charge in [0.15, 0.2) is 0 Å². The first-order valence-electron chi connectivity index (χ1n) is 6.39. The van der Waals surface area contributed by atoms with Crippen molar-refractivity contribution in [3.8, 4) is 0 Å². The molecule has 2 heteroatoms. The Morgan fingerprint density at radius 2 is 1.94 bits per heavy atom. The molecule has 0 spiro atoms. The monoisotopic (exact) mass is 233 g/mol. The zero-order valence-electron chi connectivity index (χ0n) is 11.5. The van der Waals surface area contributed by atoms with E-state index in [4.69, 9.17) is 0 Å². The maximum absolute atomic E-state index is 9.26. The standard InChI is InChI=1S/C15H23NO/c1-10-6-7-13-14(11(10)2)16(8-9-17)12(3)15(13,4)5/h6-7,12,17H,8-9H2,1-5H3. The molecule has 2 rings (SSSR count). The molecule has 0 fully saturated rings. The van der Waals surface area contributed by atoms with Crippen LogP contribution in [-0.2, 0) is 5.41 Å². The topological polar surface area (TPSA) is 23.5 Å². The van der Waals surface area contributed by atoms with Crippen LogP contribution >= 0.6 is 0 Å². The average Bonchev–Trinajstić information content (AvgIpc) is 2.46. The van der Waals surface area contributed by atoms with Gasteiger partial charge in [0.25, 0.3) is 0 Å². The molecule has 0 bridgehead atoms. The second-order valence-electron chi connectivity index (χ2n) is 5.72. The van der Waals surface area contributed by atoms with Crippen LogP contribution < -0.4 is 4.90 Å². The molecule has 0 aromatic heterocycles. The van der Waals surface area contributed by atoms with Crippen LogP contribution in [0.2, 0.25) is 0 Å². The van der Waals surface area contributed by atoms with Gasteiger partial charge in [-0.3, -0.25) is 0 Å². The van der Waals surface area contributed by atoms with Crippen molar-refractivity contribution >= 4 is 5.69 Å². The number of aliphatic hydroxyl groups is 1. The lowest BCUT2D eigenvalue weighted by Crippen LogP contribution is -2.40. The van der Waals surface area contributed by atoms with E-state index in [1.807, 2.05) is 0 Å². The summed E-state index contributed by atoms with van der Waals surface area (Å²) >= 11 is 0. The van der Waals surface area contributed by atoms with Crippen molar-refractivity contribution in [3.63, 3.8) is 0 Å². The molecule has 1 unspecified atom stereocenters. The average molecular weight is 233 g/mol. The second kappa shape index (κ2) is 4.02. The van der Waals surface area contributed by atoms with Gasteiger partial charge in [0.2, 0.25) is 0 Å². The van der Waals surface area contributed by atoms with E-state index in [1.165, 1.54) is 22.4 Å². The molecule has 0 radical (unpaired) electrons. The molecular weight excluding hydrogens is 210 g/mol. The number of fused-ring (bicyclic) bond motifs is 1. The number of aliphatic hydroxyl groups excluding tert-OH is 1. The summed E-state index contributed by atoms with van der Waals surface area (Å²) in [5.41, 5.74) is 5.60. The van der Waals surface area contributed by atoms with Crippen LogP contribution in [0.4, 0.5) is 5.69 Å². The fourth-order valence-electron chi connectivity index (χ4n) is 2.91. The van der Waals surface area contributed by atoms with Crippen molar-refractivity contribution in [3.05, 3.63) is 28.8 Å². The molecule has 1 aromatic rings. The van der Waals surface area contributed by atoms with E-state index in [9.17, 15) is 5.11 Å². The maximum atomic E-state index is 9.26. The molecule has 0 aliphatic carbocycles. The Bertz CT molecular complexity index is 437. The smallest absolute Gasteiger partial charge is 0.0606 e. The van der Waals surface area contributed by atoms with Crippen molar-refractivity contribution in [2.75, 3.05) is 18.1 Å². The summed E-state index contributed by atoms with van der Waals surface area (Å²) in [4.78, 5) is 2.36. The van der Waals surface area contributed by atoms with E-state index >= 15 is 0 Å². The third kappa shape index (κ3) is 1.66. The number of hydrogen-bond acceptors (Lipinski definition) is 2. The maximum Gasteiger partial charge on any atom is 0.0606 e. The zero-order valence-corrected chi connectivity index (χ0v) is 11.5. The van der Waals surface area contributed by atoms with Crippen molar-refractivity contribution in [1.82, 2.24) is 0 Å². The van der Waals surface area contributed by atoms with Gasteiger partial charge in [0, 0.05) is 23.7 Å². The van der Waals surface area contributed by atoms with Gasteiger partial charge in [-0.25, -0.2) is 0 Å². The summed E-state index contributed by atoms with van der Waals surface area (Å²) in [5, 5.41) is 9.26. The summed E-state index contributed by atoms with van der Waals surface area (Å²) in [6.45, 7) is 12.1. The Kier molecular flexibility index (Phi) is 2.94. The van der Waals surface area contributed by atoms with Crippen molar-refractivity contribution in [2.45, 2.75) is 46.1 Å². The molecule has 1 atom stereocenters. The minimum absolute atomic E-state index is 0.156. The first-order chi connectivity index (χ1) is 7.91. The van der Waals surface area contributed by atoms with Crippen LogP contribution in [0.15, 0.2) is 12.1 Å². The molecule has 17 heavy (non-hydrogen) atoms. The lowest BCUT2D eigenvalue weighted by Gasteiger charge is -2.31. The number of aryl methyl sites for hydroxylation is 1. The van der Waals surface area contributed by atoms with Gasteiger partial charge < -0.3 is 10.0 Å². The van der Waals surface area contributed by atoms with Crippen molar-refractivity contribution in [2.24, 2.45) is 0 Å². The highest BCUT2D eigenvalue weighted by Crippen LogP contribution is 2.47. The largest absolute Gasteiger partial charge is 0.395 e. The predicted octanol–water partition coefficient (Wildman–Crippen LogP) is 2.78. The molecular formula is C15H23NO. The van der Waals surface area contributed by atoms with Crippen molar-refractivity contribution in [1.29, 1.82) is 0 Å². The first-order valence-corrected chi connectivity index (χ1v) is 6.39. The molecule has 0 amide bonds. The molecule has 1 aromatic carbocycles. The van der Waals surface area contributed by atoms with E-state index in [-0.39, 0.29) is 12.0 Å². The fourth-order valence-corrected chi connectivity index (χ4v) is 2.91. The molecule has 0 saturated carbocycles. The summed E-state index contributed by atoms with van der Waals surface area (Å²) < 4.78 is 0. The molecule has 1 heterocycles. The zero-order chi connectivity index (χ0) is 12.8. The second-order valence-corrected chi connectivity index (χ2v) is 5.72. The van der Waals surface area contributed by atoms with Gasteiger partial charge in [0.1, 0.15) is 0 Å². The number of rotatable bonds is 2. The van der Waals surface area contributed by atoms with Gasteiger partial charge in [-0.05, 0) is 37.5 Å². The van der Waals surface area contributed by atoms with Crippen LogP contribution in [0, 0.1) is 13.8 Å². The Hall–Kier alpha value is -1.02. The van der Waals surface area contributed by atoms with Gasteiger partial charge in [0.05, 0.1) is 6.61 Å². The minimum Gasteiger partial charge on any atom is -0.395 e. The summed E-state index contributed by atoms with van der Waals surface area (Å²) in [6, 6.07) is 4.90. The van der Waals surface area contributed by atoms with Crippen LogP contribution in [0.3, 0.4) is 0 Å². The van der Waals surface area contributed by atoms with E-state index in [1.54, 1.807) is 0 Å². The van der Waals surface area contributed by atoms with Gasteiger partial charge in [-0.2, -0.15) is 0 Å². The van der Waals surface area contributed by atoms with Gasteiger partial charge in [-0.15, -0.1) is 0 Å². The Morgan fingerprint density at radius 1 is 1.29 bits per heavy atom. The summed E-state index contributed by atoms with van der Waals surface area (Å²) in [7, 11) is 0. The number of benzene rings is 1. The van der Waals surface area contributed by atoms with E-state index in [0.29, 0.717) is 6.04 Å². The van der Waals surface area contributed by atoms with Gasteiger partial charge >= 0.3 is 0 Å². The highest BCUT2D eigenvalue weighted by Gasteiger charge is 2.42. The van der Waals surface area contributed by atoms with E-state index < -0.39 is 0 Å². The molecule has 1 aliphatic rings. The molecule has 2 nitrogen and oxygen atoms in total. The van der Waals surface area contributed by atoms with Crippen LogP contribution in [0.25, 0.3) is 0 Å². The summed E-state index contributed by atoms with van der Waals surface area (Å²) in [6.07, 6.45) is 0. The lowest BCUT2D eigenvalue weighted by atomic mass is 9.80. The third-order valence-corrected chi connectivity index (χ3v) is 4.54. The minimum atomic E-state index is 0.156. The highest BCUT2D eigenvalue weighted by atomic mass is 16.3.